The summed E-state index contributed by atoms with van der Waals surface area (Å²) in [6.07, 6.45) is -1.92. The monoisotopic (exact) mass is 294 g/mol. The maximum atomic E-state index is 9.36. The van der Waals surface area contributed by atoms with Crippen LogP contribution in [0.1, 0.15) is 11.9 Å². The van der Waals surface area contributed by atoms with E-state index in [2.05, 4.69) is 0 Å². The topological polar surface area (TPSA) is 88.4 Å². The van der Waals surface area contributed by atoms with Crippen LogP contribution in [-0.4, -0.2) is 36.0 Å². The molecule has 0 bridgehead atoms. The molecular weight excluding hydrogens is 286 g/mol. The highest BCUT2D eigenvalue weighted by Crippen LogP contribution is 2.52. The van der Waals surface area contributed by atoms with Crippen molar-refractivity contribution in [1.82, 2.24) is 0 Å². The van der Waals surface area contributed by atoms with E-state index < -0.39 is 13.4 Å². The molecule has 0 saturated heterocycles. The molecule has 0 unspecified atom stereocenters. The lowest BCUT2D eigenvalue weighted by atomic mass is 9.91. The molecule has 3 N–H and O–H groups in total. The Hall–Kier alpha value is -0.855. The van der Waals surface area contributed by atoms with Gasteiger partial charge in [-0.2, -0.15) is 0 Å². The number of halogens is 2. The largest absolute Gasteiger partial charge is 0.563 e. The van der Waals surface area contributed by atoms with Gasteiger partial charge in [-0.3, -0.25) is 0 Å². The first-order valence-corrected chi connectivity index (χ1v) is 5.65. The Morgan fingerprint density at radius 3 is 2.50 bits per heavy atom. The zero-order valence-electron chi connectivity index (χ0n) is 9.18. The number of methoxy groups -OCH3 is 1. The molecule has 6 nitrogen and oxygen atoms in total. The highest BCUT2D eigenvalue weighted by atomic mass is 35.5. The van der Waals surface area contributed by atoms with Crippen molar-refractivity contribution < 1.29 is 29.4 Å². The molecule has 0 aromatic heterocycles. The zero-order chi connectivity index (χ0) is 13.4. The van der Waals surface area contributed by atoms with Crippen molar-refractivity contribution in [3.05, 3.63) is 15.6 Å². The number of ether oxygens (including phenoxy) is 2. The van der Waals surface area contributed by atoms with E-state index >= 15 is 0 Å². The van der Waals surface area contributed by atoms with Gasteiger partial charge < -0.3 is 29.4 Å². The second-order valence-electron chi connectivity index (χ2n) is 3.49. The lowest BCUT2D eigenvalue weighted by molar-refractivity contribution is -0.0453. The van der Waals surface area contributed by atoms with Gasteiger partial charge in [-0.05, 0) is 0 Å². The van der Waals surface area contributed by atoms with Gasteiger partial charge in [0.1, 0.15) is 16.6 Å². The van der Waals surface area contributed by atoms with Crippen LogP contribution < -0.4 is 14.1 Å². The summed E-state index contributed by atoms with van der Waals surface area (Å²) in [5, 5.41) is 28.0. The smallest absolute Gasteiger partial charge is 0.531 e. The van der Waals surface area contributed by atoms with Gasteiger partial charge in [-0.15, -0.1) is 0 Å². The SMILES string of the molecule is COc1c(Cl)c(Cl)c2c(c1C(O)O)OB(O)CO2. The summed E-state index contributed by atoms with van der Waals surface area (Å²) in [6.45, 7) is -0.143. The van der Waals surface area contributed by atoms with E-state index in [9.17, 15) is 15.2 Å². The lowest BCUT2D eigenvalue weighted by Gasteiger charge is -2.26. The fourth-order valence-corrected chi connectivity index (χ4v) is 2.14. The number of rotatable bonds is 2. The molecule has 1 aromatic carbocycles. The average Bonchev–Trinajstić information content (AvgIpc) is 2.32. The van der Waals surface area contributed by atoms with Crippen molar-refractivity contribution in [3.63, 3.8) is 0 Å². The second kappa shape index (κ2) is 5.03. The van der Waals surface area contributed by atoms with Gasteiger partial charge in [0.2, 0.25) is 0 Å². The molecule has 0 spiro atoms. The highest BCUT2D eigenvalue weighted by molar-refractivity contribution is 6.46. The van der Waals surface area contributed by atoms with Crippen LogP contribution in [0.2, 0.25) is 10.0 Å². The van der Waals surface area contributed by atoms with Crippen LogP contribution in [0.4, 0.5) is 0 Å². The van der Waals surface area contributed by atoms with Gasteiger partial charge in [-0.25, -0.2) is 0 Å². The van der Waals surface area contributed by atoms with Crippen LogP contribution in [0.15, 0.2) is 0 Å². The van der Waals surface area contributed by atoms with Gasteiger partial charge in [0.05, 0.1) is 12.7 Å². The number of aliphatic hydroxyl groups excluding tert-OH is 1. The molecule has 2 rings (SSSR count). The van der Waals surface area contributed by atoms with Gasteiger partial charge >= 0.3 is 7.12 Å². The Balaban J connectivity index is 2.72. The summed E-state index contributed by atoms with van der Waals surface area (Å²) in [5.41, 5.74) is -0.152. The van der Waals surface area contributed by atoms with Crippen LogP contribution in [0.5, 0.6) is 17.2 Å². The normalized spacial score (nSPS) is 14.1. The van der Waals surface area contributed by atoms with E-state index in [1.807, 2.05) is 0 Å². The molecule has 9 heteroatoms. The standard InChI is InChI=1S/C9H9BCl2O6/c1-16-6-3(9(13)14)7-8(5(12)4(6)11)17-2-10(15)18-7/h9,13-15H,2H2,1H3. The molecule has 0 saturated carbocycles. The van der Waals surface area contributed by atoms with Crippen LogP contribution in [0.25, 0.3) is 0 Å². The number of fused-ring (bicyclic) bond motifs is 1. The van der Waals surface area contributed by atoms with Crippen molar-refractivity contribution in [2.45, 2.75) is 6.29 Å². The van der Waals surface area contributed by atoms with E-state index in [1.54, 1.807) is 0 Å². The second-order valence-corrected chi connectivity index (χ2v) is 4.25. The maximum absolute atomic E-state index is 9.36. The summed E-state index contributed by atoms with van der Waals surface area (Å²) in [5.74, 6) is -0.112. The number of hydrogen-bond acceptors (Lipinski definition) is 6. The molecule has 18 heavy (non-hydrogen) atoms. The summed E-state index contributed by atoms with van der Waals surface area (Å²) in [4.78, 5) is 0. The van der Waals surface area contributed by atoms with Crippen molar-refractivity contribution in [1.29, 1.82) is 0 Å². The quantitative estimate of drug-likeness (QED) is 0.552. The van der Waals surface area contributed by atoms with Crippen LogP contribution in [0, 0.1) is 0 Å². The first kappa shape index (κ1) is 13.6. The third-order valence-corrected chi connectivity index (χ3v) is 3.19. The first-order chi connectivity index (χ1) is 8.47. The van der Waals surface area contributed by atoms with Crippen LogP contribution in [-0.2, 0) is 0 Å². The minimum atomic E-state index is -1.92. The Kier molecular flexibility index (Phi) is 3.79. The van der Waals surface area contributed by atoms with Gasteiger partial charge in [0, 0.05) is 0 Å². The van der Waals surface area contributed by atoms with E-state index in [1.165, 1.54) is 7.11 Å². The molecule has 1 aromatic rings. The molecule has 1 aliphatic rings. The fraction of sp³-hybridized carbons (Fsp3) is 0.333. The van der Waals surface area contributed by atoms with E-state index in [0.29, 0.717) is 0 Å². The summed E-state index contributed by atoms with van der Waals surface area (Å²) >= 11 is 11.9. The predicted octanol–water partition coefficient (Wildman–Crippen LogP) is 0.776. The predicted molar refractivity (Wildman–Crippen MR) is 64.3 cm³/mol. The van der Waals surface area contributed by atoms with Gasteiger partial charge in [0.25, 0.3) is 0 Å². The van der Waals surface area contributed by atoms with Crippen molar-refractivity contribution in [2.75, 3.05) is 13.6 Å². The number of aliphatic hydroxyl groups is 2. The Labute approximate surface area is 113 Å². The number of benzene rings is 1. The van der Waals surface area contributed by atoms with E-state index in [4.69, 9.17) is 37.3 Å². The molecule has 0 amide bonds. The zero-order valence-corrected chi connectivity index (χ0v) is 10.7. The van der Waals surface area contributed by atoms with E-state index in [0.717, 1.165) is 0 Å². The fourth-order valence-electron chi connectivity index (χ4n) is 1.65. The Morgan fingerprint density at radius 1 is 1.28 bits per heavy atom. The molecule has 0 atom stereocenters. The molecule has 0 aliphatic carbocycles. The molecule has 1 heterocycles. The average molecular weight is 295 g/mol. The van der Waals surface area contributed by atoms with Crippen molar-refractivity contribution >= 4 is 30.3 Å². The van der Waals surface area contributed by atoms with Crippen LogP contribution in [0.3, 0.4) is 0 Å². The molecular formula is C9H9BCl2O6. The highest BCUT2D eigenvalue weighted by Gasteiger charge is 2.35. The minimum absolute atomic E-state index is 0.0137. The summed E-state index contributed by atoms with van der Waals surface area (Å²) in [6, 6.07) is 0. The van der Waals surface area contributed by atoms with Crippen LogP contribution >= 0.6 is 23.2 Å². The Morgan fingerprint density at radius 2 is 1.94 bits per heavy atom. The molecule has 0 radical (unpaired) electrons. The Bertz CT molecular complexity index is 481. The third-order valence-electron chi connectivity index (χ3n) is 2.37. The molecule has 98 valence electrons. The van der Waals surface area contributed by atoms with E-state index in [-0.39, 0.29) is 39.4 Å². The van der Waals surface area contributed by atoms with Gasteiger partial charge in [-0.1, -0.05) is 23.2 Å². The third kappa shape index (κ3) is 2.08. The summed E-state index contributed by atoms with van der Waals surface area (Å²) < 4.78 is 15.2. The maximum Gasteiger partial charge on any atom is 0.563 e. The summed E-state index contributed by atoms with van der Waals surface area (Å²) in [7, 11) is 0.0487. The first-order valence-electron chi connectivity index (χ1n) is 4.89. The van der Waals surface area contributed by atoms with Crippen molar-refractivity contribution in [3.8, 4) is 17.2 Å². The number of hydrogen-bond donors (Lipinski definition) is 3. The minimum Gasteiger partial charge on any atom is -0.531 e. The lowest BCUT2D eigenvalue weighted by Crippen LogP contribution is -2.35. The van der Waals surface area contributed by atoms with Gasteiger partial charge in [0.15, 0.2) is 23.5 Å². The molecule has 0 fully saturated rings. The van der Waals surface area contributed by atoms with Crippen molar-refractivity contribution in [2.24, 2.45) is 0 Å². The molecule has 1 aliphatic heterocycles.